The van der Waals surface area contributed by atoms with E-state index in [0.29, 0.717) is 19.5 Å². The number of hydrogen-bond acceptors (Lipinski definition) is 3. The maximum absolute atomic E-state index is 12.2. The first-order chi connectivity index (χ1) is 10.6. The molecule has 1 unspecified atom stereocenters. The molecule has 0 radical (unpaired) electrons. The molecule has 1 aliphatic rings. The van der Waals surface area contributed by atoms with Crippen molar-refractivity contribution >= 4 is 11.8 Å². The summed E-state index contributed by atoms with van der Waals surface area (Å²) in [5.74, 6) is 0.631. The summed E-state index contributed by atoms with van der Waals surface area (Å²) >= 11 is 0. The van der Waals surface area contributed by atoms with Crippen LogP contribution >= 0.6 is 0 Å². The Morgan fingerprint density at radius 2 is 2.09 bits per heavy atom. The van der Waals surface area contributed by atoms with Gasteiger partial charge in [0.25, 0.3) is 0 Å². The quantitative estimate of drug-likeness (QED) is 0.838. The lowest BCUT2D eigenvalue weighted by atomic mass is 10.1. The molecule has 2 rings (SSSR count). The smallest absolute Gasteiger partial charge is 0.225 e. The van der Waals surface area contributed by atoms with E-state index in [1.807, 2.05) is 24.3 Å². The highest BCUT2D eigenvalue weighted by atomic mass is 16.5. The molecule has 1 atom stereocenters. The first kappa shape index (κ1) is 16.3. The van der Waals surface area contributed by atoms with Gasteiger partial charge in [-0.15, -0.1) is 0 Å². The molecule has 120 valence electrons. The topological polar surface area (TPSA) is 58.6 Å². The average molecular weight is 304 g/mol. The van der Waals surface area contributed by atoms with E-state index in [1.54, 1.807) is 12.0 Å². The number of carbonyl (C=O) groups excluding carboxylic acids is 2. The zero-order valence-corrected chi connectivity index (χ0v) is 13.3. The number of nitrogens with one attached hydrogen (secondary N) is 1. The standard InChI is InChI=1S/C17H24N2O3/c1-3-4-9-19-12-14(10-16(19)20)17(21)18-11-13-5-7-15(22-2)8-6-13/h5-8,14H,3-4,9-12H2,1-2H3,(H,18,21). The fraction of sp³-hybridized carbons (Fsp3) is 0.529. The summed E-state index contributed by atoms with van der Waals surface area (Å²) in [5, 5.41) is 2.92. The minimum atomic E-state index is -0.220. The van der Waals surface area contributed by atoms with Crippen LogP contribution in [-0.2, 0) is 16.1 Å². The minimum Gasteiger partial charge on any atom is -0.497 e. The lowest BCUT2D eigenvalue weighted by Gasteiger charge is -2.16. The Kier molecular flexibility index (Phi) is 5.81. The number of methoxy groups -OCH3 is 1. The van der Waals surface area contributed by atoms with Crippen LogP contribution in [-0.4, -0.2) is 36.9 Å². The summed E-state index contributed by atoms with van der Waals surface area (Å²) in [6.07, 6.45) is 2.38. The van der Waals surface area contributed by atoms with E-state index in [2.05, 4.69) is 12.2 Å². The van der Waals surface area contributed by atoms with Crippen molar-refractivity contribution in [2.24, 2.45) is 5.92 Å². The molecule has 1 N–H and O–H groups in total. The second-order valence-corrected chi connectivity index (χ2v) is 5.66. The van der Waals surface area contributed by atoms with Crippen molar-refractivity contribution in [1.29, 1.82) is 0 Å². The SMILES string of the molecule is CCCCN1CC(C(=O)NCc2ccc(OC)cc2)CC1=O. The Labute approximate surface area is 131 Å². The lowest BCUT2D eigenvalue weighted by molar-refractivity contribution is -0.129. The summed E-state index contributed by atoms with van der Waals surface area (Å²) in [5.41, 5.74) is 1.02. The molecule has 1 aliphatic heterocycles. The molecule has 0 aliphatic carbocycles. The molecule has 5 heteroatoms. The van der Waals surface area contributed by atoms with Gasteiger partial charge in [0.15, 0.2) is 0 Å². The van der Waals surface area contributed by atoms with Crippen molar-refractivity contribution in [3.8, 4) is 5.75 Å². The van der Waals surface area contributed by atoms with E-state index in [0.717, 1.165) is 30.7 Å². The van der Waals surface area contributed by atoms with Gasteiger partial charge >= 0.3 is 0 Å². The Morgan fingerprint density at radius 1 is 1.36 bits per heavy atom. The van der Waals surface area contributed by atoms with Gasteiger partial charge in [-0.3, -0.25) is 9.59 Å². The summed E-state index contributed by atoms with van der Waals surface area (Å²) in [6.45, 7) is 3.88. The van der Waals surface area contributed by atoms with Crippen LogP contribution in [0.1, 0.15) is 31.7 Å². The third kappa shape index (κ3) is 4.23. The van der Waals surface area contributed by atoms with Crippen LogP contribution in [0.3, 0.4) is 0 Å². The molecule has 0 saturated carbocycles. The largest absolute Gasteiger partial charge is 0.497 e. The molecule has 1 saturated heterocycles. The second kappa shape index (κ2) is 7.82. The zero-order chi connectivity index (χ0) is 15.9. The number of nitrogens with zero attached hydrogens (tertiary/aromatic N) is 1. The number of carbonyl (C=O) groups is 2. The van der Waals surface area contributed by atoms with Crippen LogP contribution in [0.5, 0.6) is 5.75 Å². The van der Waals surface area contributed by atoms with Gasteiger partial charge in [0.2, 0.25) is 11.8 Å². The molecule has 0 aromatic heterocycles. The summed E-state index contributed by atoms with van der Waals surface area (Å²) in [7, 11) is 1.62. The van der Waals surface area contributed by atoms with Gasteiger partial charge in [-0.05, 0) is 24.1 Å². The first-order valence-corrected chi connectivity index (χ1v) is 7.82. The fourth-order valence-corrected chi connectivity index (χ4v) is 2.59. The zero-order valence-electron chi connectivity index (χ0n) is 13.3. The summed E-state index contributed by atoms with van der Waals surface area (Å²) in [6, 6.07) is 7.58. The van der Waals surface area contributed by atoms with E-state index in [1.165, 1.54) is 0 Å². The van der Waals surface area contributed by atoms with E-state index in [-0.39, 0.29) is 17.7 Å². The maximum Gasteiger partial charge on any atom is 0.225 e. The molecule has 2 amide bonds. The molecular formula is C17H24N2O3. The highest BCUT2D eigenvalue weighted by Gasteiger charge is 2.33. The molecule has 1 aromatic carbocycles. The van der Waals surface area contributed by atoms with Crippen molar-refractivity contribution in [2.75, 3.05) is 20.2 Å². The molecule has 1 fully saturated rings. The van der Waals surface area contributed by atoms with Gasteiger partial charge in [-0.25, -0.2) is 0 Å². The van der Waals surface area contributed by atoms with E-state index in [9.17, 15) is 9.59 Å². The molecular weight excluding hydrogens is 280 g/mol. The van der Waals surface area contributed by atoms with Gasteiger partial charge in [0.05, 0.1) is 13.0 Å². The third-order valence-electron chi connectivity index (χ3n) is 3.99. The normalized spacial score (nSPS) is 17.6. The highest BCUT2D eigenvalue weighted by molar-refractivity contribution is 5.89. The number of benzene rings is 1. The number of ether oxygens (including phenoxy) is 1. The molecule has 0 spiro atoms. The minimum absolute atomic E-state index is 0.0387. The van der Waals surface area contributed by atoms with Gasteiger partial charge in [0, 0.05) is 26.1 Å². The second-order valence-electron chi connectivity index (χ2n) is 5.66. The van der Waals surface area contributed by atoms with Crippen molar-refractivity contribution in [3.63, 3.8) is 0 Å². The Hall–Kier alpha value is -2.04. The van der Waals surface area contributed by atoms with Crippen LogP contribution in [0.25, 0.3) is 0 Å². The molecule has 5 nitrogen and oxygen atoms in total. The Balaban J connectivity index is 1.81. The predicted molar refractivity (Wildman–Crippen MR) is 84.4 cm³/mol. The fourth-order valence-electron chi connectivity index (χ4n) is 2.59. The van der Waals surface area contributed by atoms with Crippen LogP contribution in [0.15, 0.2) is 24.3 Å². The number of hydrogen-bond donors (Lipinski definition) is 1. The van der Waals surface area contributed by atoms with E-state index >= 15 is 0 Å². The third-order valence-corrected chi connectivity index (χ3v) is 3.99. The van der Waals surface area contributed by atoms with Crippen molar-refractivity contribution in [3.05, 3.63) is 29.8 Å². The van der Waals surface area contributed by atoms with Crippen LogP contribution in [0.4, 0.5) is 0 Å². The molecule has 22 heavy (non-hydrogen) atoms. The van der Waals surface area contributed by atoms with Gasteiger partial charge in [-0.1, -0.05) is 25.5 Å². The predicted octanol–water partition coefficient (Wildman–Crippen LogP) is 1.96. The Morgan fingerprint density at radius 3 is 2.73 bits per heavy atom. The lowest BCUT2D eigenvalue weighted by Crippen LogP contribution is -2.32. The molecule has 1 aromatic rings. The molecule has 1 heterocycles. The van der Waals surface area contributed by atoms with Crippen LogP contribution in [0, 0.1) is 5.92 Å². The number of likely N-dealkylation sites (tertiary alicyclic amines) is 1. The van der Waals surface area contributed by atoms with Crippen molar-refractivity contribution < 1.29 is 14.3 Å². The number of rotatable bonds is 7. The number of unbranched alkanes of at least 4 members (excludes halogenated alkanes) is 1. The average Bonchev–Trinajstić information content (AvgIpc) is 2.92. The Bertz CT molecular complexity index is 513. The first-order valence-electron chi connectivity index (χ1n) is 7.82. The van der Waals surface area contributed by atoms with E-state index in [4.69, 9.17) is 4.74 Å². The number of amides is 2. The maximum atomic E-state index is 12.2. The molecule has 0 bridgehead atoms. The highest BCUT2D eigenvalue weighted by Crippen LogP contribution is 2.19. The van der Waals surface area contributed by atoms with Crippen molar-refractivity contribution in [1.82, 2.24) is 10.2 Å². The van der Waals surface area contributed by atoms with E-state index < -0.39 is 0 Å². The van der Waals surface area contributed by atoms with Crippen LogP contribution in [0.2, 0.25) is 0 Å². The van der Waals surface area contributed by atoms with Gasteiger partial charge < -0.3 is 15.0 Å². The summed E-state index contributed by atoms with van der Waals surface area (Å²) < 4.78 is 5.10. The monoisotopic (exact) mass is 304 g/mol. The van der Waals surface area contributed by atoms with Gasteiger partial charge in [0.1, 0.15) is 5.75 Å². The summed E-state index contributed by atoms with van der Waals surface area (Å²) in [4.78, 5) is 25.9. The van der Waals surface area contributed by atoms with Gasteiger partial charge in [-0.2, -0.15) is 0 Å². The van der Waals surface area contributed by atoms with Crippen LogP contribution < -0.4 is 10.1 Å². The van der Waals surface area contributed by atoms with Crippen molar-refractivity contribution in [2.45, 2.75) is 32.7 Å².